The van der Waals surface area contributed by atoms with Crippen LogP contribution >= 0.6 is 15.9 Å². The molecule has 2 amide bonds. The summed E-state index contributed by atoms with van der Waals surface area (Å²) < 4.78 is 14.2. The summed E-state index contributed by atoms with van der Waals surface area (Å²) in [5, 5.41) is 2.57. The molecule has 98 valence electrons. The fourth-order valence-corrected chi connectivity index (χ4v) is 2.22. The zero-order valence-corrected chi connectivity index (χ0v) is 11.4. The Morgan fingerprint density at radius 2 is 2.11 bits per heavy atom. The standard InChI is InChI=1S/C12H15BrFN3O/c13-8-1-2-11(10(14)7-8)16-12(18)17-5-3-9(15)4-6-17/h1-2,7,9H,3-6,15H2,(H,16,18). The molecule has 1 fully saturated rings. The van der Waals surface area contributed by atoms with Gasteiger partial charge < -0.3 is 16.0 Å². The van der Waals surface area contributed by atoms with Crippen molar-refractivity contribution in [2.45, 2.75) is 18.9 Å². The Bertz CT molecular complexity index is 447. The van der Waals surface area contributed by atoms with E-state index in [4.69, 9.17) is 5.73 Å². The number of hydrogen-bond donors (Lipinski definition) is 2. The summed E-state index contributed by atoms with van der Waals surface area (Å²) in [6, 6.07) is 4.43. The Kier molecular flexibility index (Phi) is 4.19. The van der Waals surface area contributed by atoms with Crippen molar-refractivity contribution >= 4 is 27.6 Å². The van der Waals surface area contributed by atoms with Gasteiger partial charge in [-0.3, -0.25) is 0 Å². The summed E-state index contributed by atoms with van der Waals surface area (Å²) in [5.74, 6) is -0.452. The van der Waals surface area contributed by atoms with E-state index >= 15 is 0 Å². The summed E-state index contributed by atoms with van der Waals surface area (Å²) in [6.07, 6.45) is 1.58. The van der Waals surface area contributed by atoms with E-state index in [1.54, 1.807) is 11.0 Å². The number of halogens is 2. The van der Waals surface area contributed by atoms with Crippen LogP contribution < -0.4 is 11.1 Å². The van der Waals surface area contributed by atoms with Gasteiger partial charge in [0.2, 0.25) is 0 Å². The molecule has 0 spiro atoms. The van der Waals surface area contributed by atoms with Crippen molar-refractivity contribution in [3.05, 3.63) is 28.5 Å². The van der Waals surface area contributed by atoms with Crippen molar-refractivity contribution in [3.8, 4) is 0 Å². The van der Waals surface area contributed by atoms with Gasteiger partial charge in [0.15, 0.2) is 0 Å². The minimum absolute atomic E-state index is 0.165. The lowest BCUT2D eigenvalue weighted by Crippen LogP contribution is -2.44. The first-order valence-corrected chi connectivity index (χ1v) is 6.62. The SMILES string of the molecule is NC1CCN(C(=O)Nc2ccc(Br)cc2F)CC1. The Hall–Kier alpha value is -1.14. The van der Waals surface area contributed by atoms with Crippen LogP contribution in [0.1, 0.15) is 12.8 Å². The molecule has 1 heterocycles. The predicted octanol–water partition coefficient (Wildman–Crippen LogP) is 2.54. The van der Waals surface area contributed by atoms with Gasteiger partial charge >= 0.3 is 6.03 Å². The minimum Gasteiger partial charge on any atom is -0.328 e. The summed E-state index contributed by atoms with van der Waals surface area (Å²) in [7, 11) is 0. The number of likely N-dealkylation sites (tertiary alicyclic amines) is 1. The lowest BCUT2D eigenvalue weighted by Gasteiger charge is -2.30. The van der Waals surface area contributed by atoms with E-state index in [0.29, 0.717) is 17.6 Å². The van der Waals surface area contributed by atoms with Gasteiger partial charge in [0, 0.05) is 23.6 Å². The molecule has 0 saturated carbocycles. The first-order chi connectivity index (χ1) is 8.56. The number of nitrogens with zero attached hydrogens (tertiary/aromatic N) is 1. The largest absolute Gasteiger partial charge is 0.328 e. The van der Waals surface area contributed by atoms with Crippen molar-refractivity contribution in [2.24, 2.45) is 5.73 Å². The van der Waals surface area contributed by atoms with Gasteiger partial charge in [-0.15, -0.1) is 0 Å². The average molecular weight is 316 g/mol. The summed E-state index contributed by atoms with van der Waals surface area (Å²) in [6.45, 7) is 1.23. The molecule has 0 aliphatic carbocycles. The quantitative estimate of drug-likeness (QED) is 0.836. The second kappa shape index (κ2) is 5.67. The van der Waals surface area contributed by atoms with E-state index in [1.807, 2.05) is 0 Å². The second-order valence-corrected chi connectivity index (χ2v) is 5.29. The number of rotatable bonds is 1. The first kappa shape index (κ1) is 13.3. The number of urea groups is 1. The topological polar surface area (TPSA) is 58.4 Å². The number of piperidine rings is 1. The fourth-order valence-electron chi connectivity index (χ4n) is 1.89. The molecule has 0 unspecified atom stereocenters. The van der Waals surface area contributed by atoms with E-state index in [0.717, 1.165) is 12.8 Å². The highest BCUT2D eigenvalue weighted by atomic mass is 79.9. The van der Waals surface area contributed by atoms with Gasteiger partial charge in [-0.2, -0.15) is 0 Å². The molecule has 0 radical (unpaired) electrons. The van der Waals surface area contributed by atoms with Crippen LogP contribution in [-0.4, -0.2) is 30.1 Å². The number of carbonyl (C=O) groups is 1. The molecular weight excluding hydrogens is 301 g/mol. The Balaban J connectivity index is 1.98. The third-order valence-corrected chi connectivity index (χ3v) is 3.49. The lowest BCUT2D eigenvalue weighted by molar-refractivity contribution is 0.195. The highest BCUT2D eigenvalue weighted by Crippen LogP contribution is 2.20. The zero-order valence-electron chi connectivity index (χ0n) is 9.83. The highest BCUT2D eigenvalue weighted by molar-refractivity contribution is 9.10. The molecule has 6 heteroatoms. The normalized spacial score (nSPS) is 16.7. The maximum absolute atomic E-state index is 13.6. The van der Waals surface area contributed by atoms with E-state index < -0.39 is 5.82 Å². The summed E-state index contributed by atoms with van der Waals surface area (Å²) in [5.41, 5.74) is 5.96. The van der Waals surface area contributed by atoms with Gasteiger partial charge in [-0.05, 0) is 31.0 Å². The summed E-state index contributed by atoms with van der Waals surface area (Å²) in [4.78, 5) is 13.6. The molecule has 1 saturated heterocycles. The number of amides is 2. The number of hydrogen-bond acceptors (Lipinski definition) is 2. The maximum Gasteiger partial charge on any atom is 0.321 e. The molecule has 1 aromatic rings. The molecule has 1 aliphatic rings. The van der Waals surface area contributed by atoms with Gasteiger partial charge in [-0.25, -0.2) is 9.18 Å². The second-order valence-electron chi connectivity index (χ2n) is 4.38. The number of nitrogens with one attached hydrogen (secondary N) is 1. The molecule has 2 rings (SSSR count). The maximum atomic E-state index is 13.6. The molecule has 18 heavy (non-hydrogen) atoms. The number of anilines is 1. The van der Waals surface area contributed by atoms with Crippen LogP contribution in [0.15, 0.2) is 22.7 Å². The van der Waals surface area contributed by atoms with Gasteiger partial charge in [-0.1, -0.05) is 15.9 Å². The van der Waals surface area contributed by atoms with Crippen molar-refractivity contribution in [3.63, 3.8) is 0 Å². The predicted molar refractivity (Wildman–Crippen MR) is 71.9 cm³/mol. The number of nitrogens with two attached hydrogens (primary N) is 1. The Morgan fingerprint density at radius 3 is 2.72 bits per heavy atom. The first-order valence-electron chi connectivity index (χ1n) is 5.83. The zero-order chi connectivity index (χ0) is 13.1. The van der Waals surface area contributed by atoms with Crippen LogP contribution in [0.4, 0.5) is 14.9 Å². The Morgan fingerprint density at radius 1 is 1.44 bits per heavy atom. The van der Waals surface area contributed by atoms with Gasteiger partial charge in [0.1, 0.15) is 5.82 Å². The smallest absolute Gasteiger partial charge is 0.321 e. The molecule has 4 nitrogen and oxygen atoms in total. The molecule has 0 atom stereocenters. The van der Waals surface area contributed by atoms with Crippen molar-refractivity contribution in [1.82, 2.24) is 4.90 Å². The highest BCUT2D eigenvalue weighted by Gasteiger charge is 2.21. The third-order valence-electron chi connectivity index (χ3n) is 3.00. The molecule has 0 aromatic heterocycles. The molecule has 3 N–H and O–H groups in total. The van der Waals surface area contributed by atoms with Crippen LogP contribution in [0.3, 0.4) is 0 Å². The number of carbonyl (C=O) groups excluding carboxylic acids is 1. The fraction of sp³-hybridized carbons (Fsp3) is 0.417. The van der Waals surface area contributed by atoms with Crippen molar-refractivity contribution in [1.29, 1.82) is 0 Å². The monoisotopic (exact) mass is 315 g/mol. The van der Waals surface area contributed by atoms with E-state index in [-0.39, 0.29) is 17.8 Å². The minimum atomic E-state index is -0.452. The van der Waals surface area contributed by atoms with Crippen LogP contribution in [0.25, 0.3) is 0 Å². The summed E-state index contributed by atoms with van der Waals surface area (Å²) >= 11 is 3.17. The number of benzene rings is 1. The van der Waals surface area contributed by atoms with Crippen molar-refractivity contribution < 1.29 is 9.18 Å². The van der Waals surface area contributed by atoms with E-state index in [9.17, 15) is 9.18 Å². The lowest BCUT2D eigenvalue weighted by atomic mass is 10.1. The molecule has 1 aromatic carbocycles. The van der Waals surface area contributed by atoms with Gasteiger partial charge in [0.25, 0.3) is 0 Å². The molecule has 0 bridgehead atoms. The molecular formula is C12H15BrFN3O. The average Bonchev–Trinajstić information content (AvgIpc) is 2.33. The van der Waals surface area contributed by atoms with E-state index in [1.165, 1.54) is 12.1 Å². The van der Waals surface area contributed by atoms with E-state index in [2.05, 4.69) is 21.2 Å². The molecule has 1 aliphatic heterocycles. The van der Waals surface area contributed by atoms with Crippen molar-refractivity contribution in [2.75, 3.05) is 18.4 Å². The van der Waals surface area contributed by atoms with Crippen LogP contribution in [0.5, 0.6) is 0 Å². The Labute approximate surface area is 113 Å². The third kappa shape index (κ3) is 3.20. The van der Waals surface area contributed by atoms with Crippen LogP contribution in [0, 0.1) is 5.82 Å². The van der Waals surface area contributed by atoms with Crippen LogP contribution in [0.2, 0.25) is 0 Å². The van der Waals surface area contributed by atoms with Gasteiger partial charge in [0.05, 0.1) is 5.69 Å². The van der Waals surface area contributed by atoms with Crippen LogP contribution in [-0.2, 0) is 0 Å².